The molecule has 0 rings (SSSR count). The Labute approximate surface area is 146 Å². The first kappa shape index (κ1) is 23.7. The smallest absolute Gasteiger partial charge is 0.0897 e. The van der Waals surface area contributed by atoms with Gasteiger partial charge < -0.3 is 41.0 Å². The van der Waals surface area contributed by atoms with Crippen molar-refractivity contribution in [2.45, 2.75) is 26.1 Å². The largest absolute Gasteiger partial charge is 0.389 e. The summed E-state index contributed by atoms with van der Waals surface area (Å²) in [6.45, 7) is 12.2. The van der Waals surface area contributed by atoms with Gasteiger partial charge in [-0.05, 0) is 13.8 Å². The maximum atomic E-state index is 9.55. The number of nitrogens with one attached hydrogen (secondary N) is 4. The average Bonchev–Trinajstić information content (AvgIpc) is 2.58. The first-order valence-corrected chi connectivity index (χ1v) is 9.05. The van der Waals surface area contributed by atoms with Crippen LogP contribution in [0.2, 0.25) is 0 Å². The highest BCUT2D eigenvalue weighted by Crippen LogP contribution is 1.83. The van der Waals surface area contributed by atoms with Crippen molar-refractivity contribution in [1.82, 2.24) is 21.3 Å². The zero-order valence-corrected chi connectivity index (χ0v) is 15.4. The molecular formula is C16H38N4O4. The van der Waals surface area contributed by atoms with Gasteiger partial charge in [-0.15, -0.1) is 0 Å². The fourth-order valence-electron chi connectivity index (χ4n) is 1.94. The molecule has 6 N–H and O–H groups in total. The fourth-order valence-corrected chi connectivity index (χ4v) is 1.94. The van der Waals surface area contributed by atoms with Crippen molar-refractivity contribution in [3.05, 3.63) is 0 Å². The molecule has 0 heterocycles. The van der Waals surface area contributed by atoms with E-state index in [9.17, 15) is 10.2 Å². The summed E-state index contributed by atoms with van der Waals surface area (Å²) in [5, 5.41) is 32.1. The van der Waals surface area contributed by atoms with Gasteiger partial charge in [-0.25, -0.2) is 0 Å². The zero-order valence-electron chi connectivity index (χ0n) is 15.4. The van der Waals surface area contributed by atoms with Crippen molar-refractivity contribution in [3.8, 4) is 0 Å². The summed E-state index contributed by atoms with van der Waals surface area (Å²) in [5.41, 5.74) is 0. The van der Waals surface area contributed by atoms with E-state index in [2.05, 4.69) is 21.3 Å². The molecule has 0 saturated carbocycles. The Morgan fingerprint density at radius 2 is 0.958 bits per heavy atom. The van der Waals surface area contributed by atoms with Crippen LogP contribution in [0.15, 0.2) is 0 Å². The third-order valence-electron chi connectivity index (χ3n) is 3.22. The Morgan fingerprint density at radius 3 is 1.29 bits per heavy atom. The van der Waals surface area contributed by atoms with Crippen LogP contribution in [0.4, 0.5) is 0 Å². The second kappa shape index (κ2) is 19.0. The predicted octanol–water partition coefficient (Wildman–Crippen LogP) is -1.86. The molecule has 2 unspecified atom stereocenters. The van der Waals surface area contributed by atoms with Crippen molar-refractivity contribution in [1.29, 1.82) is 0 Å². The minimum Gasteiger partial charge on any atom is -0.389 e. The van der Waals surface area contributed by atoms with Crippen LogP contribution in [0.25, 0.3) is 0 Å². The second-order valence-corrected chi connectivity index (χ2v) is 5.53. The van der Waals surface area contributed by atoms with Gasteiger partial charge in [0, 0.05) is 65.6 Å². The van der Waals surface area contributed by atoms with Crippen LogP contribution in [0.1, 0.15) is 13.8 Å². The zero-order chi connectivity index (χ0) is 17.9. The highest BCUT2D eigenvalue weighted by atomic mass is 16.5. The minimum absolute atomic E-state index is 0.386. The Kier molecular flexibility index (Phi) is 18.8. The van der Waals surface area contributed by atoms with Gasteiger partial charge in [0.15, 0.2) is 0 Å². The Morgan fingerprint density at radius 1 is 0.625 bits per heavy atom. The molecule has 0 aromatic carbocycles. The van der Waals surface area contributed by atoms with E-state index < -0.39 is 12.2 Å². The molecule has 0 fully saturated rings. The molecule has 24 heavy (non-hydrogen) atoms. The molecule has 2 atom stereocenters. The topological polar surface area (TPSA) is 107 Å². The Bertz CT molecular complexity index is 226. The van der Waals surface area contributed by atoms with Crippen LogP contribution in [0.5, 0.6) is 0 Å². The number of ether oxygens (including phenoxy) is 2. The molecule has 0 saturated heterocycles. The standard InChI is InChI=1S/C16H38N4O4/c1-3-23-13-15(21)11-19-9-7-17-5-6-18-8-10-20-12-16(22)14-24-4-2/h15-22H,3-14H2,1-2H3. The highest BCUT2D eigenvalue weighted by Gasteiger charge is 2.02. The molecule has 8 heteroatoms. The summed E-state index contributed by atoms with van der Waals surface area (Å²) in [6, 6.07) is 0. The van der Waals surface area contributed by atoms with Crippen molar-refractivity contribution in [2.75, 3.05) is 78.8 Å². The first-order valence-electron chi connectivity index (χ1n) is 9.05. The lowest BCUT2D eigenvalue weighted by Gasteiger charge is -2.13. The van der Waals surface area contributed by atoms with Crippen molar-refractivity contribution >= 4 is 0 Å². The van der Waals surface area contributed by atoms with E-state index in [0.29, 0.717) is 39.5 Å². The van der Waals surface area contributed by atoms with E-state index in [4.69, 9.17) is 9.47 Å². The quantitative estimate of drug-likeness (QED) is 0.151. The van der Waals surface area contributed by atoms with E-state index >= 15 is 0 Å². The molecule has 8 nitrogen and oxygen atoms in total. The molecular weight excluding hydrogens is 312 g/mol. The summed E-state index contributed by atoms with van der Waals surface area (Å²) in [6.07, 6.45) is -0.877. The monoisotopic (exact) mass is 350 g/mol. The Hall–Kier alpha value is -0.320. The number of hydrogen-bond acceptors (Lipinski definition) is 8. The third kappa shape index (κ3) is 18.0. The summed E-state index contributed by atoms with van der Waals surface area (Å²) in [4.78, 5) is 0. The lowest BCUT2D eigenvalue weighted by atomic mass is 10.3. The van der Waals surface area contributed by atoms with Crippen LogP contribution in [0.3, 0.4) is 0 Å². The lowest BCUT2D eigenvalue weighted by molar-refractivity contribution is 0.0430. The average molecular weight is 351 g/mol. The molecule has 0 aromatic rings. The molecule has 0 aliphatic carbocycles. The van der Waals surface area contributed by atoms with Gasteiger partial charge in [-0.3, -0.25) is 0 Å². The third-order valence-corrected chi connectivity index (χ3v) is 3.22. The summed E-state index contributed by atoms with van der Waals surface area (Å²) < 4.78 is 10.3. The van der Waals surface area contributed by atoms with E-state index in [1.165, 1.54) is 0 Å². The Balaban J connectivity index is 3.12. The van der Waals surface area contributed by atoms with Crippen molar-refractivity contribution in [3.63, 3.8) is 0 Å². The van der Waals surface area contributed by atoms with Gasteiger partial charge in [0.2, 0.25) is 0 Å². The van der Waals surface area contributed by atoms with Gasteiger partial charge >= 0.3 is 0 Å². The van der Waals surface area contributed by atoms with Crippen LogP contribution in [-0.4, -0.2) is 101 Å². The van der Waals surface area contributed by atoms with Crippen molar-refractivity contribution < 1.29 is 19.7 Å². The van der Waals surface area contributed by atoms with E-state index in [0.717, 1.165) is 39.3 Å². The van der Waals surface area contributed by atoms with Crippen LogP contribution in [0, 0.1) is 0 Å². The molecule has 146 valence electrons. The normalized spacial score (nSPS) is 14.0. The maximum absolute atomic E-state index is 9.55. The van der Waals surface area contributed by atoms with Gasteiger partial charge in [0.05, 0.1) is 25.4 Å². The summed E-state index contributed by atoms with van der Waals surface area (Å²) in [5.74, 6) is 0. The molecule has 0 bridgehead atoms. The van der Waals surface area contributed by atoms with Gasteiger partial charge in [-0.2, -0.15) is 0 Å². The number of rotatable bonds is 19. The molecule has 0 aliphatic heterocycles. The summed E-state index contributed by atoms with van der Waals surface area (Å²) in [7, 11) is 0. The van der Waals surface area contributed by atoms with Crippen molar-refractivity contribution in [2.24, 2.45) is 0 Å². The maximum Gasteiger partial charge on any atom is 0.0897 e. The van der Waals surface area contributed by atoms with Crippen LogP contribution >= 0.6 is 0 Å². The van der Waals surface area contributed by atoms with Gasteiger partial charge in [0.25, 0.3) is 0 Å². The molecule has 0 aromatic heterocycles. The van der Waals surface area contributed by atoms with E-state index in [-0.39, 0.29) is 0 Å². The number of aliphatic hydroxyl groups excluding tert-OH is 2. The van der Waals surface area contributed by atoms with Gasteiger partial charge in [-0.1, -0.05) is 0 Å². The van der Waals surface area contributed by atoms with E-state index in [1.54, 1.807) is 0 Å². The second-order valence-electron chi connectivity index (χ2n) is 5.53. The number of hydrogen-bond donors (Lipinski definition) is 6. The molecule has 0 aliphatic rings. The van der Waals surface area contributed by atoms with E-state index in [1.807, 2.05) is 13.8 Å². The minimum atomic E-state index is -0.439. The van der Waals surface area contributed by atoms with Gasteiger partial charge in [0.1, 0.15) is 0 Å². The molecule has 0 radical (unpaired) electrons. The van der Waals surface area contributed by atoms with Crippen LogP contribution < -0.4 is 21.3 Å². The fraction of sp³-hybridized carbons (Fsp3) is 1.00. The lowest BCUT2D eigenvalue weighted by Crippen LogP contribution is -2.38. The molecule has 0 spiro atoms. The summed E-state index contributed by atoms with van der Waals surface area (Å²) >= 11 is 0. The predicted molar refractivity (Wildman–Crippen MR) is 96.5 cm³/mol. The molecule has 0 amide bonds. The SMILES string of the molecule is CCOCC(O)CNCCNCCNCCNCC(O)COCC. The first-order chi connectivity index (χ1) is 11.7. The van der Waals surface area contributed by atoms with Crippen LogP contribution in [-0.2, 0) is 9.47 Å². The number of aliphatic hydroxyl groups is 2. The highest BCUT2D eigenvalue weighted by molar-refractivity contribution is 4.62.